The van der Waals surface area contributed by atoms with Crippen molar-refractivity contribution in [3.8, 4) is 39.4 Å². The summed E-state index contributed by atoms with van der Waals surface area (Å²) in [5.41, 5.74) is 6.46. The van der Waals surface area contributed by atoms with Crippen LogP contribution >= 0.6 is 0 Å². The number of carboxylic acids is 1. The quantitative estimate of drug-likeness (QED) is 0.233. The number of carboxylic acid groups (broad SMARTS) is 1. The molecule has 5 aromatic rings. The number of aromatic carboxylic acids is 1. The second-order valence-electron chi connectivity index (χ2n) is 9.99. The lowest BCUT2D eigenvalue weighted by molar-refractivity contribution is 0.0695. The van der Waals surface area contributed by atoms with E-state index in [0.29, 0.717) is 36.2 Å². The molecule has 0 amide bonds. The number of aromatic nitrogens is 5. The molecule has 0 saturated carbocycles. The zero-order valence-electron chi connectivity index (χ0n) is 24.1. The van der Waals surface area contributed by atoms with Crippen molar-refractivity contribution in [1.29, 1.82) is 0 Å². The molecule has 1 aromatic carbocycles. The molecule has 0 saturated heterocycles. The number of carbonyl (C=O) groups is 1. The number of hydrogen-bond acceptors (Lipinski definition) is 8. The highest BCUT2D eigenvalue weighted by Crippen LogP contribution is 2.41. The predicted octanol–water partition coefficient (Wildman–Crippen LogP) is 5.22. The van der Waals surface area contributed by atoms with E-state index in [4.69, 9.17) is 19.0 Å². The molecule has 0 spiro atoms. The summed E-state index contributed by atoms with van der Waals surface area (Å²) in [4.78, 5) is 19.0. The van der Waals surface area contributed by atoms with E-state index >= 15 is 0 Å². The van der Waals surface area contributed by atoms with Crippen molar-refractivity contribution in [2.75, 3.05) is 33.9 Å². The lowest BCUT2D eigenvalue weighted by atomic mass is 10.1. The minimum absolute atomic E-state index is 0.0778. The van der Waals surface area contributed by atoms with Crippen molar-refractivity contribution in [3.63, 3.8) is 0 Å². The van der Waals surface area contributed by atoms with Crippen molar-refractivity contribution >= 4 is 17.0 Å². The fourth-order valence-electron chi connectivity index (χ4n) is 4.93. The molecule has 0 unspecified atom stereocenters. The first kappa shape index (κ1) is 27.9. The van der Waals surface area contributed by atoms with Crippen LogP contribution in [0.3, 0.4) is 0 Å². The molecule has 4 heterocycles. The number of fused-ring (bicyclic) bond motifs is 1. The van der Waals surface area contributed by atoms with Gasteiger partial charge in [0, 0.05) is 47.4 Å². The molecule has 4 aromatic heterocycles. The maximum Gasteiger partial charge on any atom is 0.335 e. The van der Waals surface area contributed by atoms with Gasteiger partial charge >= 0.3 is 5.97 Å². The molecule has 0 aliphatic carbocycles. The third kappa shape index (κ3) is 5.40. The van der Waals surface area contributed by atoms with Crippen LogP contribution < -0.4 is 9.47 Å². The van der Waals surface area contributed by atoms with Gasteiger partial charge in [0.15, 0.2) is 0 Å². The van der Waals surface area contributed by atoms with Gasteiger partial charge in [-0.1, -0.05) is 5.16 Å². The third-order valence-corrected chi connectivity index (χ3v) is 6.81. The maximum atomic E-state index is 11.9. The molecule has 0 radical (unpaired) electrons. The molecular formula is C30H34N6O5. The number of nitrogens with zero attached hydrogens (tertiary/aromatic N) is 6. The topological polar surface area (TPSA) is 121 Å². The van der Waals surface area contributed by atoms with E-state index in [-0.39, 0.29) is 5.56 Å². The van der Waals surface area contributed by atoms with Crippen molar-refractivity contribution in [2.45, 2.75) is 34.2 Å². The van der Waals surface area contributed by atoms with Gasteiger partial charge in [-0.25, -0.2) is 4.79 Å². The van der Waals surface area contributed by atoms with Gasteiger partial charge in [0.05, 0.1) is 48.2 Å². The van der Waals surface area contributed by atoms with Gasteiger partial charge in [-0.05, 0) is 60.0 Å². The second-order valence-corrected chi connectivity index (χ2v) is 9.99. The summed E-state index contributed by atoms with van der Waals surface area (Å²) in [7, 11) is 4.06. The average molecular weight is 559 g/mol. The van der Waals surface area contributed by atoms with Crippen LogP contribution in [0.5, 0.6) is 11.5 Å². The van der Waals surface area contributed by atoms with Gasteiger partial charge in [-0.15, -0.1) is 0 Å². The third-order valence-electron chi connectivity index (χ3n) is 6.81. The van der Waals surface area contributed by atoms with Gasteiger partial charge < -0.3 is 28.6 Å². The largest absolute Gasteiger partial charge is 0.492 e. The van der Waals surface area contributed by atoms with E-state index in [2.05, 4.69) is 15.2 Å². The van der Waals surface area contributed by atoms with Crippen LogP contribution in [0.15, 0.2) is 47.5 Å². The molecule has 1 N–H and O–H groups in total. The highest BCUT2D eigenvalue weighted by atomic mass is 16.5. The lowest BCUT2D eigenvalue weighted by Gasteiger charge is -2.18. The van der Waals surface area contributed by atoms with E-state index < -0.39 is 5.97 Å². The Hall–Kier alpha value is -4.64. The Morgan fingerprint density at radius 1 is 1.02 bits per heavy atom. The summed E-state index contributed by atoms with van der Waals surface area (Å²) in [6.07, 6.45) is 7.63. The SMILES string of the molecule is CCOc1cc(C(=O)O)cc(OCC)c1-n1cc(-c2cnn(CCN(C)C)c2)c2ncc(-c3c(C)noc3C)cc21. The number of pyridine rings is 1. The Labute approximate surface area is 237 Å². The van der Waals surface area contributed by atoms with Crippen molar-refractivity contribution in [1.82, 2.24) is 29.4 Å². The number of ether oxygens (including phenoxy) is 2. The first-order valence-electron chi connectivity index (χ1n) is 13.5. The molecule has 214 valence electrons. The van der Waals surface area contributed by atoms with Crippen LogP contribution in [0.4, 0.5) is 0 Å². The number of aryl methyl sites for hydroxylation is 2. The molecule has 0 bridgehead atoms. The number of benzene rings is 1. The molecule has 5 rings (SSSR count). The first-order chi connectivity index (χ1) is 19.7. The molecule has 41 heavy (non-hydrogen) atoms. The molecule has 0 aliphatic rings. The van der Waals surface area contributed by atoms with E-state index in [1.165, 1.54) is 12.1 Å². The fourth-order valence-corrected chi connectivity index (χ4v) is 4.93. The molecular weight excluding hydrogens is 524 g/mol. The Bertz CT molecular complexity index is 1670. The van der Waals surface area contributed by atoms with Gasteiger partial charge in [0.25, 0.3) is 0 Å². The van der Waals surface area contributed by atoms with Gasteiger partial charge in [0.2, 0.25) is 0 Å². The van der Waals surface area contributed by atoms with Gasteiger partial charge in [0.1, 0.15) is 22.9 Å². The summed E-state index contributed by atoms with van der Waals surface area (Å²) in [6.45, 7) is 9.77. The highest BCUT2D eigenvalue weighted by Gasteiger charge is 2.24. The zero-order valence-corrected chi connectivity index (χ0v) is 24.1. The number of rotatable bonds is 11. The Morgan fingerprint density at radius 2 is 1.73 bits per heavy atom. The van der Waals surface area contributed by atoms with Crippen molar-refractivity contribution in [3.05, 3.63) is 60.0 Å². The number of hydrogen-bond donors (Lipinski definition) is 1. The van der Waals surface area contributed by atoms with E-state index in [1.54, 1.807) is 0 Å². The highest BCUT2D eigenvalue weighted by molar-refractivity contribution is 5.97. The minimum Gasteiger partial charge on any atom is -0.492 e. The predicted molar refractivity (Wildman–Crippen MR) is 155 cm³/mol. The van der Waals surface area contributed by atoms with Crippen LogP contribution in [0, 0.1) is 13.8 Å². The molecule has 11 nitrogen and oxygen atoms in total. The Morgan fingerprint density at radius 3 is 2.32 bits per heavy atom. The lowest BCUT2D eigenvalue weighted by Crippen LogP contribution is -2.18. The van der Waals surface area contributed by atoms with Crippen LogP contribution in [0.25, 0.3) is 39.0 Å². The van der Waals surface area contributed by atoms with E-state index in [1.807, 2.05) is 81.9 Å². The summed E-state index contributed by atoms with van der Waals surface area (Å²) in [5.74, 6) is 0.413. The second kappa shape index (κ2) is 11.5. The Kier molecular flexibility index (Phi) is 7.80. The molecule has 11 heteroatoms. The van der Waals surface area contributed by atoms with Crippen LogP contribution in [-0.4, -0.2) is 74.3 Å². The molecule has 0 fully saturated rings. The summed E-state index contributed by atoms with van der Waals surface area (Å²) in [5, 5.41) is 18.5. The number of likely N-dealkylation sites (N-methyl/N-ethyl adjacent to an activating group) is 1. The van der Waals surface area contributed by atoms with Crippen molar-refractivity contribution in [2.24, 2.45) is 0 Å². The van der Waals surface area contributed by atoms with E-state index in [0.717, 1.165) is 52.1 Å². The maximum absolute atomic E-state index is 11.9. The standard InChI is InChI=1S/C30H34N6O5/c1-7-39-25-12-20(30(37)38)13-26(40-8-2)29(25)36-17-23(22-15-32-35(16-22)10-9-34(5)6)28-24(36)11-21(14-31-28)27-18(3)33-41-19(27)4/h11-17H,7-10H2,1-6H3,(H,37,38). The molecule has 0 atom stereocenters. The van der Waals surface area contributed by atoms with Crippen LogP contribution in [-0.2, 0) is 6.54 Å². The fraction of sp³-hybridized carbons (Fsp3) is 0.333. The zero-order chi connectivity index (χ0) is 29.3. The van der Waals surface area contributed by atoms with Gasteiger partial charge in [-0.3, -0.25) is 9.67 Å². The Balaban J connectivity index is 1.79. The summed E-state index contributed by atoms with van der Waals surface area (Å²) in [6, 6.07) is 5.09. The normalized spacial score (nSPS) is 11.5. The van der Waals surface area contributed by atoms with Gasteiger partial charge in [-0.2, -0.15) is 5.10 Å². The van der Waals surface area contributed by atoms with E-state index in [9.17, 15) is 9.90 Å². The van der Waals surface area contributed by atoms with Crippen LogP contribution in [0.1, 0.15) is 35.7 Å². The first-order valence-corrected chi connectivity index (χ1v) is 13.5. The minimum atomic E-state index is -1.07. The summed E-state index contributed by atoms with van der Waals surface area (Å²) >= 11 is 0. The smallest absolute Gasteiger partial charge is 0.335 e. The summed E-state index contributed by atoms with van der Waals surface area (Å²) < 4.78 is 21.3. The van der Waals surface area contributed by atoms with Crippen molar-refractivity contribution < 1.29 is 23.9 Å². The average Bonchev–Trinajstić information content (AvgIpc) is 3.64. The van der Waals surface area contributed by atoms with Crippen LogP contribution in [0.2, 0.25) is 0 Å². The monoisotopic (exact) mass is 558 g/mol. The molecule has 0 aliphatic heterocycles.